The van der Waals surface area contributed by atoms with Crippen molar-refractivity contribution in [3.63, 3.8) is 0 Å². The molecule has 0 aromatic rings. The van der Waals surface area contributed by atoms with Gasteiger partial charge in [0.1, 0.15) is 0 Å². The summed E-state index contributed by atoms with van der Waals surface area (Å²) in [6, 6.07) is 0.852. The van der Waals surface area contributed by atoms with E-state index in [1.165, 1.54) is 84.2 Å². The first-order valence-corrected chi connectivity index (χ1v) is 8.01. The molecule has 0 saturated carbocycles. The first-order valence-electron chi connectivity index (χ1n) is 8.01. The van der Waals surface area contributed by atoms with Crippen molar-refractivity contribution in [3.8, 4) is 0 Å². The van der Waals surface area contributed by atoms with Crippen molar-refractivity contribution in [2.75, 3.05) is 46.3 Å². The fraction of sp³-hybridized carbons (Fsp3) is 1.00. The van der Waals surface area contributed by atoms with Crippen LogP contribution in [0.25, 0.3) is 0 Å². The van der Waals surface area contributed by atoms with Crippen molar-refractivity contribution in [1.29, 1.82) is 0 Å². The minimum Gasteiger partial charge on any atom is -0.320 e. The lowest BCUT2D eigenvalue weighted by Gasteiger charge is -2.36. The lowest BCUT2D eigenvalue weighted by atomic mass is 9.99. The van der Waals surface area contributed by atoms with Crippen molar-refractivity contribution in [2.24, 2.45) is 0 Å². The molecule has 0 aliphatic carbocycles. The second-order valence-corrected chi connectivity index (χ2v) is 5.98. The Kier molecular flexibility index (Phi) is 6.46. The zero-order valence-corrected chi connectivity index (χ0v) is 12.2. The van der Waals surface area contributed by atoms with E-state index in [2.05, 4.69) is 22.2 Å². The van der Waals surface area contributed by atoms with E-state index in [1.54, 1.807) is 0 Å². The molecule has 2 heterocycles. The van der Waals surface area contributed by atoms with Crippen LogP contribution in [0.1, 0.15) is 44.9 Å². The predicted molar refractivity (Wildman–Crippen MR) is 78.0 cm³/mol. The molecule has 3 nitrogen and oxygen atoms in total. The normalized spacial score (nSPS) is 26.8. The average molecular weight is 253 g/mol. The summed E-state index contributed by atoms with van der Waals surface area (Å²) >= 11 is 0. The van der Waals surface area contributed by atoms with E-state index in [0.717, 1.165) is 6.04 Å². The van der Waals surface area contributed by atoms with Crippen LogP contribution in [0.3, 0.4) is 0 Å². The summed E-state index contributed by atoms with van der Waals surface area (Å²) in [6.45, 7) is 7.87. The molecule has 3 heteroatoms. The van der Waals surface area contributed by atoms with Crippen LogP contribution >= 0.6 is 0 Å². The third-order valence-electron chi connectivity index (χ3n) is 4.59. The van der Waals surface area contributed by atoms with Gasteiger partial charge in [-0.15, -0.1) is 0 Å². The minimum absolute atomic E-state index is 0.852. The highest BCUT2D eigenvalue weighted by Crippen LogP contribution is 2.19. The summed E-state index contributed by atoms with van der Waals surface area (Å²) in [7, 11) is 2.07. The summed E-state index contributed by atoms with van der Waals surface area (Å²) in [5.74, 6) is 0. The molecule has 2 aliphatic heterocycles. The summed E-state index contributed by atoms with van der Waals surface area (Å²) in [4.78, 5) is 5.41. The zero-order valence-electron chi connectivity index (χ0n) is 12.2. The van der Waals surface area contributed by atoms with Gasteiger partial charge in [-0.05, 0) is 84.8 Å². The molecule has 0 bridgehead atoms. The quantitative estimate of drug-likeness (QED) is 0.748. The molecular formula is C15H31N3. The number of likely N-dealkylation sites (tertiary alicyclic amines) is 2. The van der Waals surface area contributed by atoms with Crippen LogP contribution in [0.4, 0.5) is 0 Å². The molecule has 2 aliphatic rings. The number of hydrogen-bond acceptors (Lipinski definition) is 3. The van der Waals surface area contributed by atoms with Crippen molar-refractivity contribution in [1.82, 2.24) is 15.1 Å². The van der Waals surface area contributed by atoms with Gasteiger partial charge in [0.25, 0.3) is 0 Å². The molecule has 2 rings (SSSR count). The van der Waals surface area contributed by atoms with Crippen LogP contribution in [0.2, 0.25) is 0 Å². The Morgan fingerprint density at radius 3 is 2.56 bits per heavy atom. The number of piperidine rings is 1. The lowest BCUT2D eigenvalue weighted by Crippen LogP contribution is -2.42. The molecule has 0 radical (unpaired) electrons. The Labute approximate surface area is 113 Å². The molecule has 0 aromatic heterocycles. The number of nitrogens with zero attached hydrogens (tertiary/aromatic N) is 2. The van der Waals surface area contributed by atoms with Crippen molar-refractivity contribution in [3.05, 3.63) is 0 Å². The molecule has 2 saturated heterocycles. The van der Waals surface area contributed by atoms with E-state index in [0.29, 0.717) is 0 Å². The monoisotopic (exact) mass is 253 g/mol. The van der Waals surface area contributed by atoms with Gasteiger partial charge in [-0.1, -0.05) is 6.42 Å². The minimum atomic E-state index is 0.852. The third-order valence-corrected chi connectivity index (χ3v) is 4.59. The van der Waals surface area contributed by atoms with Crippen LogP contribution in [-0.4, -0.2) is 62.2 Å². The van der Waals surface area contributed by atoms with Crippen molar-refractivity contribution < 1.29 is 0 Å². The number of nitrogens with one attached hydrogen (secondary N) is 1. The summed E-state index contributed by atoms with van der Waals surface area (Å²) in [6.07, 6.45) is 9.83. The van der Waals surface area contributed by atoms with Gasteiger partial charge < -0.3 is 15.1 Å². The zero-order chi connectivity index (χ0) is 12.6. The first-order chi connectivity index (χ1) is 8.90. The van der Waals surface area contributed by atoms with Crippen LogP contribution in [0.5, 0.6) is 0 Å². The van der Waals surface area contributed by atoms with Gasteiger partial charge in [0.15, 0.2) is 0 Å². The van der Waals surface area contributed by atoms with E-state index in [9.17, 15) is 0 Å². The first kappa shape index (κ1) is 14.3. The summed E-state index contributed by atoms with van der Waals surface area (Å²) in [5, 5.41) is 3.30. The topological polar surface area (TPSA) is 18.5 Å². The highest BCUT2D eigenvalue weighted by atomic mass is 15.2. The maximum absolute atomic E-state index is 3.30. The average Bonchev–Trinajstić information content (AvgIpc) is 2.91. The van der Waals surface area contributed by atoms with Gasteiger partial charge in [0.2, 0.25) is 0 Å². The molecule has 1 unspecified atom stereocenters. The molecule has 1 atom stereocenters. The second-order valence-electron chi connectivity index (χ2n) is 5.98. The molecule has 1 N–H and O–H groups in total. The molecule has 18 heavy (non-hydrogen) atoms. The standard InChI is InChI=1S/C15H31N3/c1-16-9-8-15-7-2-3-13-18(15)14-6-12-17-10-4-5-11-17/h15-16H,2-14H2,1H3. The van der Waals surface area contributed by atoms with Gasteiger partial charge in [-0.3, -0.25) is 0 Å². The molecule has 2 fully saturated rings. The van der Waals surface area contributed by atoms with Gasteiger partial charge in [0, 0.05) is 6.04 Å². The van der Waals surface area contributed by atoms with E-state index < -0.39 is 0 Å². The Bertz CT molecular complexity index is 214. The fourth-order valence-electron chi connectivity index (χ4n) is 3.50. The Morgan fingerprint density at radius 1 is 1.00 bits per heavy atom. The number of rotatable bonds is 7. The van der Waals surface area contributed by atoms with Crippen molar-refractivity contribution >= 4 is 0 Å². The van der Waals surface area contributed by atoms with Gasteiger partial charge in [0.05, 0.1) is 0 Å². The second kappa shape index (κ2) is 8.13. The third kappa shape index (κ3) is 4.52. The largest absolute Gasteiger partial charge is 0.320 e. The maximum Gasteiger partial charge on any atom is 0.0107 e. The molecule has 0 amide bonds. The Morgan fingerprint density at radius 2 is 1.78 bits per heavy atom. The molecule has 0 aromatic carbocycles. The smallest absolute Gasteiger partial charge is 0.0107 e. The summed E-state index contributed by atoms with van der Waals surface area (Å²) in [5.41, 5.74) is 0. The van der Waals surface area contributed by atoms with Crippen LogP contribution in [-0.2, 0) is 0 Å². The SMILES string of the molecule is CNCCC1CCCCN1CCCN1CCCC1. The number of hydrogen-bond donors (Lipinski definition) is 1. The Balaban J connectivity index is 1.64. The van der Waals surface area contributed by atoms with Crippen LogP contribution in [0.15, 0.2) is 0 Å². The molecule has 0 spiro atoms. The van der Waals surface area contributed by atoms with Crippen LogP contribution < -0.4 is 5.32 Å². The van der Waals surface area contributed by atoms with Gasteiger partial charge in [-0.25, -0.2) is 0 Å². The van der Waals surface area contributed by atoms with E-state index >= 15 is 0 Å². The van der Waals surface area contributed by atoms with E-state index in [-0.39, 0.29) is 0 Å². The van der Waals surface area contributed by atoms with Gasteiger partial charge in [-0.2, -0.15) is 0 Å². The van der Waals surface area contributed by atoms with Crippen molar-refractivity contribution in [2.45, 2.75) is 51.0 Å². The molecular weight excluding hydrogens is 222 g/mol. The van der Waals surface area contributed by atoms with E-state index in [1.807, 2.05) is 0 Å². The maximum atomic E-state index is 3.30. The highest BCUT2D eigenvalue weighted by Gasteiger charge is 2.21. The van der Waals surface area contributed by atoms with Crippen LogP contribution in [0, 0.1) is 0 Å². The lowest BCUT2D eigenvalue weighted by molar-refractivity contribution is 0.133. The van der Waals surface area contributed by atoms with E-state index in [4.69, 9.17) is 0 Å². The highest BCUT2D eigenvalue weighted by molar-refractivity contribution is 4.78. The fourth-order valence-corrected chi connectivity index (χ4v) is 3.50. The molecule has 106 valence electrons. The summed E-state index contributed by atoms with van der Waals surface area (Å²) < 4.78 is 0. The predicted octanol–water partition coefficient (Wildman–Crippen LogP) is 1.94. The Hall–Kier alpha value is -0.120. The van der Waals surface area contributed by atoms with Gasteiger partial charge >= 0.3 is 0 Å².